The van der Waals surface area contributed by atoms with E-state index >= 15 is 0 Å². The summed E-state index contributed by atoms with van der Waals surface area (Å²) in [6, 6.07) is 1.17. The lowest BCUT2D eigenvalue weighted by molar-refractivity contribution is -0.127. The fourth-order valence-corrected chi connectivity index (χ4v) is 2.50. The highest BCUT2D eigenvalue weighted by Crippen LogP contribution is 2.18. The van der Waals surface area contributed by atoms with Gasteiger partial charge in [0.25, 0.3) is 5.91 Å². The first-order valence-electron chi connectivity index (χ1n) is 6.65. The minimum Gasteiger partial charge on any atom is -0.343 e. The minimum absolute atomic E-state index is 0.130. The van der Waals surface area contributed by atoms with Crippen LogP contribution in [0.15, 0.2) is 18.5 Å². The molecule has 0 bridgehead atoms. The molecule has 1 aliphatic rings. The smallest absolute Gasteiger partial charge is 0.255 e. The average molecular weight is 279 g/mol. The first-order valence-corrected chi connectivity index (χ1v) is 6.65. The Hall–Kier alpha value is -1.98. The molecule has 2 amide bonds. The van der Waals surface area contributed by atoms with Crippen molar-refractivity contribution in [3.05, 3.63) is 29.8 Å². The number of pyridine rings is 1. The van der Waals surface area contributed by atoms with E-state index in [1.165, 1.54) is 17.2 Å². The number of aromatic nitrogens is 1. The van der Waals surface area contributed by atoms with E-state index in [2.05, 4.69) is 4.98 Å². The number of rotatable bonds is 4. The van der Waals surface area contributed by atoms with Gasteiger partial charge in [-0.3, -0.25) is 14.6 Å². The van der Waals surface area contributed by atoms with Crippen molar-refractivity contribution in [1.82, 2.24) is 14.8 Å². The van der Waals surface area contributed by atoms with Crippen LogP contribution in [0.25, 0.3) is 0 Å². The highest BCUT2D eigenvalue weighted by Gasteiger charge is 2.30. The summed E-state index contributed by atoms with van der Waals surface area (Å²) in [5, 5.41) is 0. The van der Waals surface area contributed by atoms with E-state index in [4.69, 9.17) is 0 Å². The summed E-state index contributed by atoms with van der Waals surface area (Å²) in [4.78, 5) is 30.8. The molecule has 1 fully saturated rings. The fraction of sp³-hybridized carbons (Fsp3) is 0.500. The molecule has 0 radical (unpaired) electrons. The molecule has 0 aromatic carbocycles. The Morgan fingerprint density at radius 3 is 2.90 bits per heavy atom. The van der Waals surface area contributed by atoms with Crippen LogP contribution in [-0.4, -0.2) is 53.3 Å². The van der Waals surface area contributed by atoms with Crippen molar-refractivity contribution in [2.75, 3.05) is 26.7 Å². The van der Waals surface area contributed by atoms with Gasteiger partial charge < -0.3 is 9.80 Å². The topological polar surface area (TPSA) is 53.5 Å². The quantitative estimate of drug-likeness (QED) is 0.831. The molecule has 2 heterocycles. The lowest BCUT2D eigenvalue weighted by atomic mass is 10.1. The van der Waals surface area contributed by atoms with E-state index in [9.17, 15) is 14.0 Å². The maximum Gasteiger partial charge on any atom is 0.255 e. The van der Waals surface area contributed by atoms with Crippen LogP contribution in [-0.2, 0) is 4.79 Å². The van der Waals surface area contributed by atoms with Crippen molar-refractivity contribution in [2.24, 2.45) is 5.92 Å². The van der Waals surface area contributed by atoms with Crippen molar-refractivity contribution in [1.29, 1.82) is 0 Å². The molecule has 0 N–H and O–H groups in total. The van der Waals surface area contributed by atoms with E-state index in [1.807, 2.05) is 6.92 Å². The molecule has 5 nitrogen and oxygen atoms in total. The molecule has 1 aromatic rings. The van der Waals surface area contributed by atoms with E-state index in [0.717, 1.165) is 6.20 Å². The summed E-state index contributed by atoms with van der Waals surface area (Å²) in [6.45, 7) is 3.79. The molecule has 1 aliphatic heterocycles. The van der Waals surface area contributed by atoms with Crippen molar-refractivity contribution < 1.29 is 14.0 Å². The molecule has 108 valence electrons. The number of hydrogen-bond donors (Lipinski definition) is 0. The van der Waals surface area contributed by atoms with Crippen molar-refractivity contribution in [2.45, 2.75) is 13.3 Å². The zero-order valence-corrected chi connectivity index (χ0v) is 11.7. The van der Waals surface area contributed by atoms with Crippen LogP contribution in [0, 0.1) is 11.7 Å². The van der Waals surface area contributed by atoms with Crippen LogP contribution in [0.3, 0.4) is 0 Å². The second kappa shape index (κ2) is 5.98. The largest absolute Gasteiger partial charge is 0.343 e. The SMILES string of the molecule is CCN1CC(CN(C)C(=O)c2cncc(F)c2)CC1=O. The maximum atomic E-state index is 13.1. The molecule has 0 saturated carbocycles. The van der Waals surface area contributed by atoms with Gasteiger partial charge in [0.15, 0.2) is 0 Å². The van der Waals surface area contributed by atoms with Crippen LogP contribution >= 0.6 is 0 Å². The van der Waals surface area contributed by atoms with Crippen LogP contribution in [0.2, 0.25) is 0 Å². The van der Waals surface area contributed by atoms with Gasteiger partial charge in [0.05, 0.1) is 11.8 Å². The highest BCUT2D eigenvalue weighted by atomic mass is 19.1. The van der Waals surface area contributed by atoms with Crippen molar-refractivity contribution in [3.63, 3.8) is 0 Å². The van der Waals surface area contributed by atoms with Gasteiger partial charge in [-0.05, 0) is 13.0 Å². The molecular formula is C14H18FN3O2. The van der Waals surface area contributed by atoms with Gasteiger partial charge in [-0.15, -0.1) is 0 Å². The summed E-state index contributed by atoms with van der Waals surface area (Å²) < 4.78 is 13.1. The highest BCUT2D eigenvalue weighted by molar-refractivity contribution is 5.93. The van der Waals surface area contributed by atoms with Crippen molar-refractivity contribution >= 4 is 11.8 Å². The van der Waals surface area contributed by atoms with Crippen LogP contribution in [0.5, 0.6) is 0 Å². The van der Waals surface area contributed by atoms with Crippen LogP contribution in [0.1, 0.15) is 23.7 Å². The van der Waals surface area contributed by atoms with Gasteiger partial charge in [-0.2, -0.15) is 0 Å². The third-order valence-corrected chi connectivity index (χ3v) is 3.51. The predicted octanol–water partition coefficient (Wildman–Crippen LogP) is 1.16. The number of carbonyl (C=O) groups is 2. The summed E-state index contributed by atoms with van der Waals surface area (Å²) >= 11 is 0. The standard InChI is InChI=1S/C14H18FN3O2/c1-3-18-9-10(4-13(18)19)8-17(2)14(20)11-5-12(15)7-16-6-11/h5-7,10H,3-4,8-9H2,1-2H3. The summed E-state index contributed by atoms with van der Waals surface area (Å²) in [7, 11) is 1.66. The summed E-state index contributed by atoms with van der Waals surface area (Å²) in [5.74, 6) is -0.541. The van der Waals surface area contributed by atoms with Crippen LogP contribution < -0.4 is 0 Å². The Morgan fingerprint density at radius 2 is 2.30 bits per heavy atom. The second-order valence-electron chi connectivity index (χ2n) is 5.08. The van der Waals surface area contributed by atoms with Gasteiger partial charge >= 0.3 is 0 Å². The molecule has 1 saturated heterocycles. The fourth-order valence-electron chi connectivity index (χ4n) is 2.50. The molecule has 0 spiro atoms. The van der Waals surface area contributed by atoms with E-state index < -0.39 is 5.82 Å². The van der Waals surface area contributed by atoms with E-state index in [1.54, 1.807) is 11.9 Å². The number of carbonyl (C=O) groups excluding carboxylic acids is 2. The third kappa shape index (κ3) is 3.12. The molecule has 1 aromatic heterocycles. The average Bonchev–Trinajstić information content (AvgIpc) is 2.77. The monoisotopic (exact) mass is 279 g/mol. The van der Waals surface area contributed by atoms with E-state index in [0.29, 0.717) is 26.1 Å². The Labute approximate surface area is 117 Å². The van der Waals surface area contributed by atoms with Gasteiger partial charge in [0, 0.05) is 45.2 Å². The maximum absolute atomic E-state index is 13.1. The molecule has 2 rings (SSSR count). The van der Waals surface area contributed by atoms with Gasteiger partial charge in [-0.1, -0.05) is 0 Å². The minimum atomic E-state index is -0.530. The Balaban J connectivity index is 1.97. The molecule has 6 heteroatoms. The Morgan fingerprint density at radius 1 is 1.55 bits per heavy atom. The van der Waals surface area contributed by atoms with Gasteiger partial charge in [0.2, 0.25) is 5.91 Å². The number of likely N-dealkylation sites (tertiary alicyclic amines) is 1. The van der Waals surface area contributed by atoms with Gasteiger partial charge in [0.1, 0.15) is 5.82 Å². The first-order chi connectivity index (χ1) is 9.51. The summed E-state index contributed by atoms with van der Waals surface area (Å²) in [5.41, 5.74) is 0.226. The molecule has 1 atom stereocenters. The predicted molar refractivity (Wildman–Crippen MR) is 71.5 cm³/mol. The number of nitrogens with zero attached hydrogens (tertiary/aromatic N) is 3. The summed E-state index contributed by atoms with van der Waals surface area (Å²) in [6.07, 6.45) is 2.87. The number of halogens is 1. The molecular weight excluding hydrogens is 261 g/mol. The zero-order chi connectivity index (χ0) is 14.7. The van der Waals surface area contributed by atoms with Crippen molar-refractivity contribution in [3.8, 4) is 0 Å². The lowest BCUT2D eigenvalue weighted by Gasteiger charge is -2.21. The first kappa shape index (κ1) is 14.4. The van der Waals surface area contributed by atoms with Crippen LogP contribution in [0.4, 0.5) is 4.39 Å². The normalized spacial score (nSPS) is 18.4. The molecule has 1 unspecified atom stereocenters. The Bertz CT molecular complexity index is 521. The molecule has 20 heavy (non-hydrogen) atoms. The number of amides is 2. The zero-order valence-electron chi connectivity index (χ0n) is 11.7. The third-order valence-electron chi connectivity index (χ3n) is 3.51. The van der Waals surface area contributed by atoms with E-state index in [-0.39, 0.29) is 23.3 Å². The number of hydrogen-bond acceptors (Lipinski definition) is 3. The second-order valence-corrected chi connectivity index (χ2v) is 5.08. The molecule has 0 aliphatic carbocycles. The van der Waals surface area contributed by atoms with Gasteiger partial charge in [-0.25, -0.2) is 4.39 Å². The Kier molecular flexibility index (Phi) is 4.32. The lowest BCUT2D eigenvalue weighted by Crippen LogP contribution is -2.33.